The first-order valence-corrected chi connectivity index (χ1v) is 17.8. The molecule has 0 bridgehead atoms. The number of fused-ring (bicyclic) bond motifs is 1. The van der Waals surface area contributed by atoms with Gasteiger partial charge in [0.05, 0.1) is 18.2 Å². The molecule has 3 amide bonds. The minimum absolute atomic E-state index is 0.0570. The van der Waals surface area contributed by atoms with Crippen molar-refractivity contribution in [3.8, 4) is 17.0 Å². The topological polar surface area (TPSA) is 130 Å². The number of benzene rings is 2. The van der Waals surface area contributed by atoms with Crippen LogP contribution in [0.15, 0.2) is 36.4 Å². The number of amides is 3. The fraction of sp³-hybridized carbons (Fsp3) is 0.514. The zero-order valence-corrected chi connectivity index (χ0v) is 29.1. The molecule has 2 heterocycles. The van der Waals surface area contributed by atoms with Crippen molar-refractivity contribution in [1.82, 2.24) is 23.8 Å². The van der Waals surface area contributed by atoms with Crippen LogP contribution >= 0.6 is 0 Å². The Balaban J connectivity index is 1.72. The summed E-state index contributed by atoms with van der Waals surface area (Å²) in [6, 6.07) is 11.4. The Morgan fingerprint density at radius 1 is 1.06 bits per heavy atom. The van der Waals surface area contributed by atoms with Crippen LogP contribution in [0.4, 0.5) is 0 Å². The number of carbonyl (C=O) groups excluding carboxylic acids is 3. The Morgan fingerprint density at radius 2 is 1.79 bits per heavy atom. The van der Waals surface area contributed by atoms with Gasteiger partial charge < -0.3 is 19.5 Å². The Morgan fingerprint density at radius 3 is 2.45 bits per heavy atom. The maximum atomic E-state index is 14.1. The number of aromatic nitrogens is 1. The van der Waals surface area contributed by atoms with E-state index in [-0.39, 0.29) is 29.7 Å². The van der Waals surface area contributed by atoms with E-state index in [2.05, 4.69) is 20.7 Å². The summed E-state index contributed by atoms with van der Waals surface area (Å²) in [6.07, 6.45) is 5.74. The number of nitrogens with one attached hydrogen (secondary N) is 2. The third-order valence-corrected chi connectivity index (χ3v) is 10.9. The molecule has 1 saturated carbocycles. The monoisotopic (exact) mass is 665 g/mol. The molecule has 2 fully saturated rings. The van der Waals surface area contributed by atoms with Gasteiger partial charge in [-0.3, -0.25) is 14.4 Å². The second-order valence-corrected chi connectivity index (χ2v) is 15.5. The number of carbonyl (C=O) groups is 3. The van der Waals surface area contributed by atoms with Crippen molar-refractivity contribution < 1.29 is 27.5 Å². The van der Waals surface area contributed by atoms with Crippen molar-refractivity contribution in [2.45, 2.75) is 71.8 Å². The van der Waals surface area contributed by atoms with E-state index in [0.29, 0.717) is 26.2 Å². The van der Waals surface area contributed by atoms with E-state index >= 15 is 0 Å². The lowest BCUT2D eigenvalue weighted by molar-refractivity contribution is -0.140. The van der Waals surface area contributed by atoms with Crippen LogP contribution in [0, 0.1) is 12.3 Å². The molecule has 1 saturated heterocycles. The lowest BCUT2D eigenvalue weighted by Crippen LogP contribution is -2.44. The number of aryl methyl sites for hydroxylation is 1. The quantitative estimate of drug-likeness (QED) is 0.344. The first kappa shape index (κ1) is 34.4. The van der Waals surface area contributed by atoms with Crippen LogP contribution < -0.4 is 14.8 Å². The first-order chi connectivity index (χ1) is 22.2. The van der Waals surface area contributed by atoms with Crippen molar-refractivity contribution in [3.63, 3.8) is 0 Å². The Kier molecular flexibility index (Phi) is 10.0. The van der Waals surface area contributed by atoms with Gasteiger partial charge in [0.2, 0.25) is 11.8 Å². The molecule has 2 N–H and O–H groups in total. The third-order valence-electron chi connectivity index (χ3n) is 9.50. The van der Waals surface area contributed by atoms with Crippen LogP contribution in [0.5, 0.6) is 5.75 Å². The van der Waals surface area contributed by atoms with Gasteiger partial charge in [-0.15, -0.1) is 0 Å². The number of hydrogen-bond donors (Lipinski definition) is 2. The third kappa shape index (κ3) is 7.18. The van der Waals surface area contributed by atoms with Crippen molar-refractivity contribution in [2.24, 2.45) is 5.41 Å². The molecule has 0 radical (unpaired) electrons. The second kappa shape index (κ2) is 13.7. The van der Waals surface area contributed by atoms with E-state index < -0.39 is 21.5 Å². The standard InChI is InChI=1S/C35H47N5O6S/c1-23-20-26(46-6)13-15-27(23)32-31(24-10-8-7-9-11-24)28-14-12-25(33(42)37-47(44,45)38(4)5)21-29(28)40(32)22-35(2,3)34(43)39-18-16-30(41)36-17-19-39/h12-15,20-21,24H,7-11,16-19,22H2,1-6H3,(H,36,41)(H,37,42). The van der Waals surface area contributed by atoms with Crippen LogP contribution in [-0.2, 0) is 26.3 Å². The van der Waals surface area contributed by atoms with Gasteiger partial charge in [0.1, 0.15) is 5.75 Å². The maximum Gasteiger partial charge on any atom is 0.303 e. The molecular formula is C35H47N5O6S. The van der Waals surface area contributed by atoms with Gasteiger partial charge in [-0.05, 0) is 81.0 Å². The molecular weight excluding hydrogens is 618 g/mol. The molecule has 3 aromatic rings. The number of hydrogen-bond acceptors (Lipinski definition) is 6. The average molecular weight is 666 g/mol. The van der Waals surface area contributed by atoms with Crippen molar-refractivity contribution in [3.05, 3.63) is 53.1 Å². The van der Waals surface area contributed by atoms with E-state index in [1.807, 2.05) is 39.0 Å². The van der Waals surface area contributed by atoms with Crippen molar-refractivity contribution in [1.29, 1.82) is 0 Å². The molecule has 1 aromatic heterocycles. The van der Waals surface area contributed by atoms with Crippen LogP contribution in [0.1, 0.15) is 79.8 Å². The second-order valence-electron chi connectivity index (χ2n) is 13.6. The summed E-state index contributed by atoms with van der Waals surface area (Å²) < 4.78 is 35.9. The van der Waals surface area contributed by atoms with E-state index in [9.17, 15) is 22.8 Å². The molecule has 5 rings (SSSR count). The predicted molar refractivity (Wildman–Crippen MR) is 183 cm³/mol. The average Bonchev–Trinajstić information content (AvgIpc) is 3.17. The van der Waals surface area contributed by atoms with Crippen molar-refractivity contribution in [2.75, 3.05) is 40.8 Å². The normalized spacial score (nSPS) is 16.7. The molecule has 2 aromatic carbocycles. The molecule has 12 heteroatoms. The van der Waals surface area contributed by atoms with Gasteiger partial charge >= 0.3 is 10.2 Å². The van der Waals surface area contributed by atoms with Crippen molar-refractivity contribution >= 4 is 38.8 Å². The largest absolute Gasteiger partial charge is 0.497 e. The van der Waals surface area contributed by atoms with Gasteiger partial charge in [0.15, 0.2) is 0 Å². The zero-order valence-electron chi connectivity index (χ0n) is 28.3. The fourth-order valence-corrected chi connectivity index (χ4v) is 7.47. The number of methoxy groups -OCH3 is 1. The molecule has 2 aliphatic rings. The van der Waals surface area contributed by atoms with Crippen LogP contribution in [0.25, 0.3) is 22.2 Å². The Hall–Kier alpha value is -3.90. The van der Waals surface area contributed by atoms with Gasteiger partial charge in [-0.1, -0.05) is 25.3 Å². The summed E-state index contributed by atoms with van der Waals surface area (Å²) in [5.74, 6) is 0.171. The summed E-state index contributed by atoms with van der Waals surface area (Å²) in [4.78, 5) is 41.3. The molecule has 1 aliphatic carbocycles. The van der Waals surface area contributed by atoms with E-state index in [1.165, 1.54) is 26.1 Å². The summed E-state index contributed by atoms with van der Waals surface area (Å²) in [5, 5.41) is 3.84. The van der Waals surface area contributed by atoms with E-state index in [0.717, 1.165) is 63.5 Å². The SMILES string of the molecule is COc1ccc(-c2c(C3CCCCC3)c3ccc(C(=O)NS(=O)(=O)N(C)C)cc3n2CC(C)(C)C(=O)N2CCNC(=O)CC2)c(C)c1. The van der Waals surface area contributed by atoms with Gasteiger partial charge in [-0.2, -0.15) is 12.7 Å². The highest BCUT2D eigenvalue weighted by atomic mass is 32.2. The highest BCUT2D eigenvalue weighted by Crippen LogP contribution is 2.46. The number of rotatable bonds is 9. The smallest absolute Gasteiger partial charge is 0.303 e. The van der Waals surface area contributed by atoms with Crippen LogP contribution in [0.3, 0.4) is 0 Å². The summed E-state index contributed by atoms with van der Waals surface area (Å²) in [7, 11) is 0.354. The minimum atomic E-state index is -4.01. The lowest BCUT2D eigenvalue weighted by Gasteiger charge is -2.32. The van der Waals surface area contributed by atoms with Gasteiger partial charge in [-0.25, -0.2) is 4.72 Å². The molecule has 254 valence electrons. The summed E-state index contributed by atoms with van der Waals surface area (Å²) >= 11 is 0. The van der Waals surface area contributed by atoms with Crippen LogP contribution in [-0.4, -0.2) is 80.8 Å². The summed E-state index contributed by atoms with van der Waals surface area (Å²) in [6.45, 7) is 7.39. The predicted octanol–water partition coefficient (Wildman–Crippen LogP) is 4.58. The van der Waals surface area contributed by atoms with Gasteiger partial charge in [0.25, 0.3) is 5.91 Å². The van der Waals surface area contributed by atoms with E-state index in [1.54, 1.807) is 24.1 Å². The number of ether oxygens (including phenoxy) is 1. The summed E-state index contributed by atoms with van der Waals surface area (Å²) in [5.41, 5.74) is 4.30. The Labute approximate surface area is 277 Å². The first-order valence-electron chi connectivity index (χ1n) is 16.4. The molecule has 0 atom stereocenters. The zero-order chi connectivity index (χ0) is 34.1. The van der Waals surface area contributed by atoms with Gasteiger partial charge in [0, 0.05) is 68.7 Å². The maximum absolute atomic E-state index is 14.1. The molecule has 47 heavy (non-hydrogen) atoms. The molecule has 11 nitrogen and oxygen atoms in total. The molecule has 0 spiro atoms. The number of nitrogens with zero attached hydrogens (tertiary/aromatic N) is 3. The molecule has 1 aliphatic heterocycles. The minimum Gasteiger partial charge on any atom is -0.497 e. The van der Waals surface area contributed by atoms with E-state index in [4.69, 9.17) is 4.74 Å². The lowest BCUT2D eigenvalue weighted by atomic mass is 9.81. The highest BCUT2D eigenvalue weighted by molar-refractivity contribution is 7.87. The molecule has 0 unspecified atom stereocenters. The van der Waals surface area contributed by atoms with Crippen LogP contribution in [0.2, 0.25) is 0 Å². The fourth-order valence-electron chi connectivity index (χ4n) is 6.93. The highest BCUT2D eigenvalue weighted by Gasteiger charge is 2.36. The Bertz CT molecular complexity index is 1790.